The number of rotatable bonds is 3. The number of carbonyl (C=O) groups is 1. The predicted octanol–water partition coefficient (Wildman–Crippen LogP) is 1.39. The summed E-state index contributed by atoms with van der Waals surface area (Å²) in [6.07, 6.45) is 4.21. The number of morpholine rings is 1. The van der Waals surface area contributed by atoms with Gasteiger partial charge in [-0.05, 0) is 24.5 Å². The molecule has 1 aromatic rings. The first-order chi connectivity index (χ1) is 11.5. The summed E-state index contributed by atoms with van der Waals surface area (Å²) in [7, 11) is -3.88. The molecule has 1 amide bonds. The molecule has 3 rings (SSSR count). The van der Waals surface area contributed by atoms with E-state index in [2.05, 4.69) is 0 Å². The lowest BCUT2D eigenvalue weighted by atomic mass is 9.68. The number of ether oxygens (including phenoxy) is 1. The molecule has 0 radical (unpaired) electrons. The van der Waals surface area contributed by atoms with Crippen LogP contribution in [0.4, 0.5) is 0 Å². The SMILES string of the molecule is NS(=O)(=O)c1ccccc1C1(C(=O)N2CCOCC2)CCCCC1. The lowest BCUT2D eigenvalue weighted by molar-refractivity contribution is -0.143. The molecule has 1 saturated carbocycles. The predicted molar refractivity (Wildman–Crippen MR) is 90.0 cm³/mol. The number of carbonyl (C=O) groups excluding carboxylic acids is 1. The third kappa shape index (κ3) is 3.20. The van der Waals surface area contributed by atoms with E-state index >= 15 is 0 Å². The molecule has 132 valence electrons. The van der Waals surface area contributed by atoms with E-state index in [1.807, 2.05) is 4.90 Å². The van der Waals surface area contributed by atoms with Gasteiger partial charge in [0.25, 0.3) is 0 Å². The minimum absolute atomic E-state index is 0.0154. The smallest absolute Gasteiger partial charge is 0.238 e. The second-order valence-electron chi connectivity index (χ2n) is 6.59. The van der Waals surface area contributed by atoms with Crippen LogP contribution >= 0.6 is 0 Å². The maximum atomic E-state index is 13.4. The topological polar surface area (TPSA) is 89.7 Å². The number of sulfonamides is 1. The van der Waals surface area contributed by atoms with Crippen LogP contribution in [0, 0.1) is 0 Å². The van der Waals surface area contributed by atoms with E-state index in [0.29, 0.717) is 44.7 Å². The van der Waals surface area contributed by atoms with Crippen LogP contribution in [0.25, 0.3) is 0 Å². The van der Waals surface area contributed by atoms with Gasteiger partial charge in [-0.1, -0.05) is 37.5 Å². The minimum atomic E-state index is -3.88. The van der Waals surface area contributed by atoms with E-state index < -0.39 is 15.4 Å². The Morgan fingerprint density at radius 2 is 1.71 bits per heavy atom. The van der Waals surface area contributed by atoms with Gasteiger partial charge in [0.05, 0.1) is 23.5 Å². The number of amides is 1. The van der Waals surface area contributed by atoms with Gasteiger partial charge in [-0.2, -0.15) is 0 Å². The van der Waals surface area contributed by atoms with Crippen molar-refractivity contribution in [3.05, 3.63) is 29.8 Å². The van der Waals surface area contributed by atoms with Crippen LogP contribution in [-0.2, 0) is 25.0 Å². The number of benzene rings is 1. The van der Waals surface area contributed by atoms with Gasteiger partial charge < -0.3 is 9.64 Å². The lowest BCUT2D eigenvalue weighted by Gasteiger charge is -2.42. The van der Waals surface area contributed by atoms with Crippen molar-refractivity contribution in [2.45, 2.75) is 42.4 Å². The summed E-state index contributed by atoms with van der Waals surface area (Å²) in [5.41, 5.74) is -0.234. The summed E-state index contributed by atoms with van der Waals surface area (Å²) in [6, 6.07) is 6.70. The number of hydrogen-bond acceptors (Lipinski definition) is 4. The zero-order chi connectivity index (χ0) is 17.2. The molecule has 1 heterocycles. The Balaban J connectivity index is 2.08. The highest BCUT2D eigenvalue weighted by Crippen LogP contribution is 2.43. The summed E-state index contributed by atoms with van der Waals surface area (Å²) in [6.45, 7) is 2.16. The third-order valence-corrected chi connectivity index (χ3v) is 6.09. The number of nitrogens with two attached hydrogens (primary N) is 1. The fraction of sp³-hybridized carbons (Fsp3) is 0.588. The highest BCUT2D eigenvalue weighted by molar-refractivity contribution is 7.89. The van der Waals surface area contributed by atoms with Gasteiger partial charge in [-0.3, -0.25) is 4.79 Å². The molecule has 1 aromatic carbocycles. The molecule has 0 bridgehead atoms. The first kappa shape index (κ1) is 17.4. The Labute approximate surface area is 143 Å². The molecule has 0 atom stereocenters. The van der Waals surface area contributed by atoms with Crippen LogP contribution in [0.5, 0.6) is 0 Å². The van der Waals surface area contributed by atoms with E-state index in [0.717, 1.165) is 19.3 Å². The zero-order valence-electron chi connectivity index (χ0n) is 13.7. The molecule has 24 heavy (non-hydrogen) atoms. The maximum absolute atomic E-state index is 13.4. The zero-order valence-corrected chi connectivity index (χ0v) is 14.6. The van der Waals surface area contributed by atoms with Gasteiger partial charge in [0.15, 0.2) is 0 Å². The van der Waals surface area contributed by atoms with Gasteiger partial charge in [0.1, 0.15) is 0 Å². The van der Waals surface area contributed by atoms with Crippen LogP contribution in [0.15, 0.2) is 29.2 Å². The fourth-order valence-corrected chi connectivity index (χ4v) is 4.77. The summed E-state index contributed by atoms with van der Waals surface area (Å²) in [5.74, 6) is 0.0154. The van der Waals surface area contributed by atoms with Crippen molar-refractivity contribution < 1.29 is 17.9 Å². The van der Waals surface area contributed by atoms with Crippen molar-refractivity contribution in [2.75, 3.05) is 26.3 Å². The number of hydrogen-bond donors (Lipinski definition) is 1. The van der Waals surface area contributed by atoms with Crippen molar-refractivity contribution in [2.24, 2.45) is 5.14 Å². The van der Waals surface area contributed by atoms with E-state index in [1.54, 1.807) is 18.2 Å². The highest BCUT2D eigenvalue weighted by Gasteiger charge is 2.45. The molecule has 1 aliphatic heterocycles. The summed E-state index contributed by atoms with van der Waals surface area (Å²) >= 11 is 0. The van der Waals surface area contributed by atoms with E-state index in [9.17, 15) is 13.2 Å². The third-order valence-electron chi connectivity index (χ3n) is 5.12. The van der Waals surface area contributed by atoms with E-state index in [4.69, 9.17) is 9.88 Å². The molecule has 2 fully saturated rings. The van der Waals surface area contributed by atoms with E-state index in [1.165, 1.54) is 6.07 Å². The summed E-state index contributed by atoms with van der Waals surface area (Å²) in [4.78, 5) is 15.3. The van der Waals surface area contributed by atoms with Crippen LogP contribution in [0.1, 0.15) is 37.7 Å². The number of primary sulfonamides is 1. The Morgan fingerprint density at radius 3 is 2.33 bits per heavy atom. The Morgan fingerprint density at radius 1 is 1.08 bits per heavy atom. The van der Waals surface area contributed by atoms with Crippen molar-refractivity contribution in [1.82, 2.24) is 4.90 Å². The first-order valence-electron chi connectivity index (χ1n) is 8.45. The van der Waals surface area contributed by atoms with Gasteiger partial charge >= 0.3 is 0 Å². The van der Waals surface area contributed by atoms with Crippen molar-refractivity contribution >= 4 is 15.9 Å². The molecule has 7 heteroatoms. The van der Waals surface area contributed by atoms with Crippen LogP contribution in [0.3, 0.4) is 0 Å². The van der Waals surface area contributed by atoms with Crippen LogP contribution in [0.2, 0.25) is 0 Å². The Hall–Kier alpha value is -1.44. The van der Waals surface area contributed by atoms with Crippen LogP contribution < -0.4 is 5.14 Å². The average molecular weight is 352 g/mol. The van der Waals surface area contributed by atoms with Crippen molar-refractivity contribution in [3.8, 4) is 0 Å². The number of nitrogens with zero attached hydrogens (tertiary/aromatic N) is 1. The largest absolute Gasteiger partial charge is 0.378 e. The van der Waals surface area contributed by atoms with E-state index in [-0.39, 0.29) is 10.8 Å². The normalized spacial score (nSPS) is 21.5. The molecular formula is C17H24N2O4S. The monoisotopic (exact) mass is 352 g/mol. The van der Waals surface area contributed by atoms with Gasteiger partial charge in [0.2, 0.25) is 15.9 Å². The van der Waals surface area contributed by atoms with Gasteiger partial charge in [0, 0.05) is 13.1 Å². The minimum Gasteiger partial charge on any atom is -0.378 e. The van der Waals surface area contributed by atoms with Gasteiger partial charge in [-0.25, -0.2) is 13.6 Å². The summed E-state index contributed by atoms with van der Waals surface area (Å²) in [5, 5.41) is 5.43. The highest BCUT2D eigenvalue weighted by atomic mass is 32.2. The quantitative estimate of drug-likeness (QED) is 0.890. The van der Waals surface area contributed by atoms with Crippen LogP contribution in [-0.4, -0.2) is 45.5 Å². The maximum Gasteiger partial charge on any atom is 0.238 e. The molecule has 0 aromatic heterocycles. The molecule has 6 nitrogen and oxygen atoms in total. The van der Waals surface area contributed by atoms with Crippen molar-refractivity contribution in [1.29, 1.82) is 0 Å². The molecule has 2 aliphatic rings. The Kier molecular flexibility index (Phi) is 4.94. The van der Waals surface area contributed by atoms with Gasteiger partial charge in [-0.15, -0.1) is 0 Å². The van der Waals surface area contributed by atoms with Crippen molar-refractivity contribution in [3.63, 3.8) is 0 Å². The first-order valence-corrected chi connectivity index (χ1v) is 9.99. The molecule has 2 N–H and O–H groups in total. The molecule has 1 aliphatic carbocycles. The second kappa shape index (κ2) is 6.82. The standard InChI is InChI=1S/C17H24N2O4S/c18-24(21,22)15-7-3-2-6-14(15)17(8-4-1-5-9-17)16(20)19-10-12-23-13-11-19/h2-3,6-7H,1,4-5,8-13H2,(H2,18,21,22). The molecular weight excluding hydrogens is 328 g/mol. The average Bonchev–Trinajstić information content (AvgIpc) is 2.62. The Bertz CT molecular complexity index is 705. The second-order valence-corrected chi connectivity index (χ2v) is 8.12. The molecule has 0 spiro atoms. The summed E-state index contributed by atoms with van der Waals surface area (Å²) < 4.78 is 29.5. The fourth-order valence-electron chi connectivity index (χ4n) is 3.93. The molecule has 0 unspecified atom stereocenters. The lowest BCUT2D eigenvalue weighted by Crippen LogP contribution is -2.52. The molecule has 1 saturated heterocycles.